The lowest BCUT2D eigenvalue weighted by Crippen LogP contribution is -2.41. The van der Waals surface area contributed by atoms with Gasteiger partial charge >= 0.3 is 5.69 Å². The molecule has 150 valence electrons. The van der Waals surface area contributed by atoms with Crippen molar-refractivity contribution in [3.63, 3.8) is 0 Å². The van der Waals surface area contributed by atoms with Crippen molar-refractivity contribution >= 4 is 21.1 Å². The van der Waals surface area contributed by atoms with E-state index < -0.39 is 21.3 Å². The van der Waals surface area contributed by atoms with Crippen LogP contribution >= 0.6 is 0 Å². The van der Waals surface area contributed by atoms with E-state index in [4.69, 9.17) is 0 Å². The monoisotopic (exact) mass is 404 g/mol. The zero-order valence-electron chi connectivity index (χ0n) is 16.8. The van der Waals surface area contributed by atoms with Gasteiger partial charge in [0.05, 0.1) is 11.1 Å². The molecule has 0 aliphatic rings. The van der Waals surface area contributed by atoms with Crippen molar-refractivity contribution < 1.29 is 8.42 Å². The Morgan fingerprint density at radius 1 is 0.893 bits per heavy atom. The van der Waals surface area contributed by atoms with Crippen molar-refractivity contribution in [2.24, 2.45) is 0 Å². The van der Waals surface area contributed by atoms with Gasteiger partial charge in [-0.3, -0.25) is 13.9 Å². The number of hydrogen-bond donors (Lipinski definition) is 0. The fraction of sp³-hybridized carbons (Fsp3) is 0.421. The van der Waals surface area contributed by atoms with Crippen molar-refractivity contribution in [2.75, 3.05) is 0 Å². The number of rotatable bonds is 4. The van der Waals surface area contributed by atoms with Crippen molar-refractivity contribution in [3.8, 4) is 0 Å². The molecule has 0 aliphatic heterocycles. The second kappa shape index (κ2) is 6.73. The number of aromatic nitrogens is 4. The summed E-state index contributed by atoms with van der Waals surface area (Å²) in [5, 5.41) is 4.23. The van der Waals surface area contributed by atoms with E-state index in [0.717, 1.165) is 19.8 Å². The summed E-state index contributed by atoms with van der Waals surface area (Å²) in [4.78, 5) is 25.8. The van der Waals surface area contributed by atoms with E-state index in [2.05, 4.69) is 5.10 Å². The molecule has 2 aromatic heterocycles. The van der Waals surface area contributed by atoms with Crippen molar-refractivity contribution in [1.82, 2.24) is 18.3 Å². The molecule has 0 aliphatic carbocycles. The van der Waals surface area contributed by atoms with E-state index in [1.807, 2.05) is 19.9 Å². The van der Waals surface area contributed by atoms with Crippen LogP contribution in [-0.2, 0) is 10.0 Å². The van der Waals surface area contributed by atoms with Crippen LogP contribution in [0.1, 0.15) is 50.9 Å². The maximum absolute atomic E-state index is 13.1. The van der Waals surface area contributed by atoms with E-state index in [1.54, 1.807) is 39.8 Å². The van der Waals surface area contributed by atoms with E-state index in [-0.39, 0.29) is 28.0 Å². The van der Waals surface area contributed by atoms with Gasteiger partial charge in [-0.25, -0.2) is 4.79 Å². The standard InChI is InChI=1S/C19H24N4O4S/c1-11(2)22-17-16(18(24)23(12(3)4)19(22)25)10-21(20-17)28(26,27)15-8-13(5)7-14(6)9-15/h7-12H,1-6H3. The molecular formula is C19H24N4O4S. The highest BCUT2D eigenvalue weighted by atomic mass is 32.2. The molecule has 0 fully saturated rings. The molecule has 0 radical (unpaired) electrons. The lowest BCUT2D eigenvalue weighted by Gasteiger charge is -2.15. The van der Waals surface area contributed by atoms with Crippen molar-refractivity contribution in [2.45, 2.75) is 58.5 Å². The summed E-state index contributed by atoms with van der Waals surface area (Å²) < 4.78 is 29.5. The van der Waals surface area contributed by atoms with Crippen LogP contribution in [0, 0.1) is 13.8 Å². The maximum atomic E-state index is 13.1. The fourth-order valence-electron chi connectivity index (χ4n) is 3.33. The molecule has 0 atom stereocenters. The quantitative estimate of drug-likeness (QED) is 0.665. The highest BCUT2D eigenvalue weighted by molar-refractivity contribution is 7.89. The summed E-state index contributed by atoms with van der Waals surface area (Å²) in [6.45, 7) is 10.7. The second-order valence-electron chi connectivity index (χ2n) is 7.58. The average molecular weight is 404 g/mol. The first-order valence-corrected chi connectivity index (χ1v) is 10.5. The van der Waals surface area contributed by atoms with Crippen LogP contribution in [0.2, 0.25) is 0 Å². The number of aryl methyl sites for hydroxylation is 2. The topological polar surface area (TPSA) is 96.0 Å². The molecule has 0 spiro atoms. The first-order valence-electron chi connectivity index (χ1n) is 9.05. The van der Waals surface area contributed by atoms with Crippen LogP contribution in [0.4, 0.5) is 0 Å². The first kappa shape index (κ1) is 20.1. The molecule has 0 amide bonds. The Hall–Kier alpha value is -2.68. The van der Waals surface area contributed by atoms with Crippen LogP contribution in [0.25, 0.3) is 11.0 Å². The third-order valence-corrected chi connectivity index (χ3v) is 6.05. The highest BCUT2D eigenvalue weighted by Crippen LogP contribution is 2.20. The number of hydrogen-bond acceptors (Lipinski definition) is 5. The molecule has 1 aromatic carbocycles. The Balaban J connectivity index is 2.39. The van der Waals surface area contributed by atoms with Gasteiger partial charge in [-0.1, -0.05) is 6.07 Å². The smallest absolute Gasteiger partial charge is 0.273 e. The predicted octanol–water partition coefficient (Wildman–Crippen LogP) is 2.38. The van der Waals surface area contributed by atoms with E-state index >= 15 is 0 Å². The lowest BCUT2D eigenvalue weighted by atomic mass is 10.2. The largest absolute Gasteiger partial charge is 0.333 e. The van der Waals surface area contributed by atoms with Gasteiger partial charge in [0, 0.05) is 12.1 Å². The third kappa shape index (κ3) is 3.09. The van der Waals surface area contributed by atoms with Gasteiger partial charge in [0.2, 0.25) is 0 Å². The zero-order valence-corrected chi connectivity index (χ0v) is 17.6. The normalized spacial score (nSPS) is 12.4. The minimum Gasteiger partial charge on any atom is -0.273 e. The van der Waals surface area contributed by atoms with Gasteiger partial charge in [-0.05, 0) is 64.8 Å². The van der Waals surface area contributed by atoms with Crippen molar-refractivity contribution in [3.05, 3.63) is 56.4 Å². The number of fused-ring (bicyclic) bond motifs is 1. The van der Waals surface area contributed by atoms with Gasteiger partial charge in [0.25, 0.3) is 15.6 Å². The fourth-order valence-corrected chi connectivity index (χ4v) is 4.64. The third-order valence-electron chi connectivity index (χ3n) is 4.54. The molecule has 3 aromatic rings. The Labute approximate surface area is 163 Å². The van der Waals surface area contributed by atoms with Crippen LogP contribution in [0.3, 0.4) is 0 Å². The predicted molar refractivity (Wildman–Crippen MR) is 108 cm³/mol. The van der Waals surface area contributed by atoms with E-state index in [9.17, 15) is 18.0 Å². The molecule has 0 bridgehead atoms. The van der Waals surface area contributed by atoms with Crippen LogP contribution in [0.5, 0.6) is 0 Å². The van der Waals surface area contributed by atoms with Crippen molar-refractivity contribution in [1.29, 1.82) is 0 Å². The van der Waals surface area contributed by atoms with Crippen LogP contribution in [0.15, 0.2) is 38.9 Å². The first-order chi connectivity index (χ1) is 12.9. The molecule has 0 saturated carbocycles. The van der Waals surface area contributed by atoms with Gasteiger partial charge in [-0.15, -0.1) is 5.10 Å². The average Bonchev–Trinajstić information content (AvgIpc) is 2.99. The molecule has 0 unspecified atom stereocenters. The van der Waals surface area contributed by atoms with E-state index in [0.29, 0.717) is 0 Å². The number of benzene rings is 1. The van der Waals surface area contributed by atoms with Crippen LogP contribution < -0.4 is 11.2 Å². The molecular weight excluding hydrogens is 380 g/mol. The summed E-state index contributed by atoms with van der Waals surface area (Å²) in [6.07, 6.45) is 1.20. The Bertz CT molecular complexity index is 1270. The maximum Gasteiger partial charge on any atom is 0.333 e. The molecule has 0 saturated heterocycles. The minimum absolute atomic E-state index is 0.0647. The minimum atomic E-state index is -4.01. The molecule has 8 nitrogen and oxygen atoms in total. The Morgan fingerprint density at radius 3 is 1.93 bits per heavy atom. The van der Waals surface area contributed by atoms with Gasteiger partial charge in [0.1, 0.15) is 5.39 Å². The Kier molecular flexibility index (Phi) is 4.82. The molecule has 0 N–H and O–H groups in total. The summed E-state index contributed by atoms with van der Waals surface area (Å²) in [5.74, 6) is 0. The highest BCUT2D eigenvalue weighted by Gasteiger charge is 2.25. The summed E-state index contributed by atoms with van der Waals surface area (Å²) >= 11 is 0. The molecule has 9 heteroatoms. The zero-order chi connectivity index (χ0) is 21.0. The van der Waals surface area contributed by atoms with Gasteiger partial charge in [-0.2, -0.15) is 12.5 Å². The number of nitrogens with zero attached hydrogens (tertiary/aromatic N) is 4. The Morgan fingerprint density at radius 2 is 1.43 bits per heavy atom. The SMILES string of the molecule is Cc1cc(C)cc(S(=O)(=O)n2cc3c(=O)n(C(C)C)c(=O)n(C(C)C)c3n2)c1. The molecule has 28 heavy (non-hydrogen) atoms. The lowest BCUT2D eigenvalue weighted by molar-refractivity contribution is 0.486. The van der Waals surface area contributed by atoms with Gasteiger partial charge < -0.3 is 0 Å². The van der Waals surface area contributed by atoms with Crippen LogP contribution in [-0.4, -0.2) is 26.7 Å². The van der Waals surface area contributed by atoms with E-state index in [1.165, 1.54) is 10.8 Å². The summed E-state index contributed by atoms with van der Waals surface area (Å²) in [6, 6.07) is 4.31. The molecule has 2 heterocycles. The second-order valence-corrected chi connectivity index (χ2v) is 9.38. The summed E-state index contributed by atoms with van der Waals surface area (Å²) in [5.41, 5.74) is 0.619. The molecule has 3 rings (SSSR count). The van der Waals surface area contributed by atoms with Gasteiger partial charge in [0.15, 0.2) is 5.65 Å². The summed E-state index contributed by atoms with van der Waals surface area (Å²) in [7, 11) is -4.01.